The van der Waals surface area contributed by atoms with Gasteiger partial charge in [0.05, 0.1) is 0 Å². The lowest BCUT2D eigenvalue weighted by Gasteiger charge is -2.23. The van der Waals surface area contributed by atoms with Crippen molar-refractivity contribution in [2.45, 2.75) is 32.2 Å². The lowest BCUT2D eigenvalue weighted by molar-refractivity contribution is -0.124. The predicted octanol–water partition coefficient (Wildman–Crippen LogP) is 1.50. The zero-order chi connectivity index (χ0) is 14.4. The van der Waals surface area contributed by atoms with Crippen molar-refractivity contribution in [3.05, 3.63) is 22.4 Å². The zero-order valence-electron chi connectivity index (χ0n) is 11.6. The molecule has 3 amide bonds. The third-order valence-corrected chi connectivity index (χ3v) is 4.23. The maximum atomic E-state index is 11.8. The molecule has 2 heterocycles. The average Bonchev–Trinajstić information content (AvgIpc) is 2.92. The van der Waals surface area contributed by atoms with Gasteiger partial charge in [0.25, 0.3) is 0 Å². The Kier molecular flexibility index (Phi) is 5.40. The van der Waals surface area contributed by atoms with E-state index in [0.717, 1.165) is 12.8 Å². The molecule has 1 aliphatic heterocycles. The first kappa shape index (κ1) is 14.8. The largest absolute Gasteiger partial charge is 0.354 e. The molecule has 2 rings (SSSR count). The minimum Gasteiger partial charge on any atom is -0.354 e. The summed E-state index contributed by atoms with van der Waals surface area (Å²) in [6.45, 7) is 3.42. The molecule has 0 bridgehead atoms. The van der Waals surface area contributed by atoms with Crippen LogP contribution >= 0.6 is 11.3 Å². The molecule has 0 aliphatic carbocycles. The van der Waals surface area contributed by atoms with Gasteiger partial charge in [0.1, 0.15) is 6.04 Å². The molecular formula is C14H21N3O2S. The van der Waals surface area contributed by atoms with E-state index in [0.29, 0.717) is 25.4 Å². The monoisotopic (exact) mass is 295 g/mol. The second-order valence-corrected chi connectivity index (χ2v) is 6.26. The maximum Gasteiger partial charge on any atom is 0.315 e. The van der Waals surface area contributed by atoms with Gasteiger partial charge < -0.3 is 16.0 Å². The van der Waals surface area contributed by atoms with Gasteiger partial charge in [-0.2, -0.15) is 0 Å². The van der Waals surface area contributed by atoms with Crippen molar-refractivity contribution < 1.29 is 9.59 Å². The normalized spacial score (nSPS) is 20.1. The van der Waals surface area contributed by atoms with E-state index in [2.05, 4.69) is 34.3 Å². The van der Waals surface area contributed by atoms with Gasteiger partial charge in [-0.15, -0.1) is 11.3 Å². The van der Waals surface area contributed by atoms with Crippen molar-refractivity contribution in [1.82, 2.24) is 16.0 Å². The molecule has 2 atom stereocenters. The molecule has 110 valence electrons. The molecule has 1 aliphatic rings. The van der Waals surface area contributed by atoms with E-state index >= 15 is 0 Å². The second-order valence-electron chi connectivity index (χ2n) is 5.23. The van der Waals surface area contributed by atoms with E-state index in [1.165, 1.54) is 4.88 Å². The number of amides is 3. The Morgan fingerprint density at radius 3 is 3.15 bits per heavy atom. The smallest absolute Gasteiger partial charge is 0.315 e. The quantitative estimate of drug-likeness (QED) is 0.770. The summed E-state index contributed by atoms with van der Waals surface area (Å²) >= 11 is 1.73. The molecule has 0 aromatic carbocycles. The minimum atomic E-state index is -0.392. The lowest BCUT2D eigenvalue weighted by Crippen LogP contribution is -2.53. The number of carbonyl (C=O) groups is 2. The molecule has 6 heteroatoms. The molecule has 1 saturated heterocycles. The number of carbonyl (C=O) groups excluding carboxylic acids is 2. The van der Waals surface area contributed by atoms with Crippen molar-refractivity contribution in [2.75, 3.05) is 13.1 Å². The number of piperidine rings is 1. The van der Waals surface area contributed by atoms with Crippen molar-refractivity contribution in [2.24, 2.45) is 5.92 Å². The van der Waals surface area contributed by atoms with Crippen molar-refractivity contribution in [1.29, 1.82) is 0 Å². The Bertz CT molecular complexity index is 447. The molecule has 20 heavy (non-hydrogen) atoms. The van der Waals surface area contributed by atoms with Crippen molar-refractivity contribution >= 4 is 23.3 Å². The maximum absolute atomic E-state index is 11.8. The van der Waals surface area contributed by atoms with Gasteiger partial charge in [0, 0.05) is 18.0 Å². The topological polar surface area (TPSA) is 70.2 Å². The van der Waals surface area contributed by atoms with Crippen LogP contribution in [0.15, 0.2) is 17.5 Å². The fourth-order valence-corrected chi connectivity index (χ4v) is 3.10. The molecular weight excluding hydrogens is 274 g/mol. The summed E-state index contributed by atoms with van der Waals surface area (Å²) in [6, 6.07) is 3.49. The summed E-state index contributed by atoms with van der Waals surface area (Å²) in [5, 5.41) is 10.4. The molecule has 1 aromatic rings. The van der Waals surface area contributed by atoms with Gasteiger partial charge in [-0.05, 0) is 36.6 Å². The highest BCUT2D eigenvalue weighted by atomic mass is 32.1. The van der Waals surface area contributed by atoms with Crippen LogP contribution in [0.1, 0.15) is 24.6 Å². The first-order valence-electron chi connectivity index (χ1n) is 6.99. The fourth-order valence-electron chi connectivity index (χ4n) is 2.23. The summed E-state index contributed by atoms with van der Waals surface area (Å²) in [5.41, 5.74) is 0. The standard InChI is InChI=1S/C14H21N3O2S/c1-10(8-11-4-3-7-20-11)9-16-14(19)17-12-5-2-6-15-13(12)18/h3-4,7,10,12H,2,5-6,8-9H2,1H3,(H,15,18)(H2,16,17,19). The third kappa shape index (κ3) is 4.52. The Morgan fingerprint density at radius 1 is 1.60 bits per heavy atom. The Balaban J connectivity index is 1.67. The van der Waals surface area contributed by atoms with E-state index in [1.807, 2.05) is 6.07 Å². The molecule has 0 radical (unpaired) electrons. The number of urea groups is 1. The van der Waals surface area contributed by atoms with E-state index in [1.54, 1.807) is 11.3 Å². The van der Waals surface area contributed by atoms with E-state index < -0.39 is 6.04 Å². The summed E-state index contributed by atoms with van der Waals surface area (Å²) in [4.78, 5) is 24.6. The van der Waals surface area contributed by atoms with Crippen LogP contribution < -0.4 is 16.0 Å². The van der Waals surface area contributed by atoms with E-state index in [4.69, 9.17) is 0 Å². The summed E-state index contributed by atoms with van der Waals surface area (Å²) in [6.07, 6.45) is 2.58. The number of thiophene rings is 1. The van der Waals surface area contributed by atoms with Crippen LogP contribution in [0.4, 0.5) is 4.79 Å². The summed E-state index contributed by atoms with van der Waals surface area (Å²) in [7, 11) is 0. The van der Waals surface area contributed by atoms with Crippen LogP contribution in [0.3, 0.4) is 0 Å². The third-order valence-electron chi connectivity index (χ3n) is 3.33. The molecule has 2 unspecified atom stereocenters. The Hall–Kier alpha value is -1.56. The van der Waals surface area contributed by atoms with Gasteiger partial charge in [0.15, 0.2) is 0 Å². The molecule has 5 nitrogen and oxygen atoms in total. The first-order valence-corrected chi connectivity index (χ1v) is 7.87. The summed E-state index contributed by atoms with van der Waals surface area (Å²) < 4.78 is 0. The zero-order valence-corrected chi connectivity index (χ0v) is 12.5. The van der Waals surface area contributed by atoms with Gasteiger partial charge in [-0.25, -0.2) is 4.79 Å². The highest BCUT2D eigenvalue weighted by Crippen LogP contribution is 2.13. The van der Waals surface area contributed by atoms with Gasteiger partial charge in [-0.3, -0.25) is 4.79 Å². The molecule has 0 spiro atoms. The minimum absolute atomic E-state index is 0.0852. The van der Waals surface area contributed by atoms with Crippen LogP contribution in [-0.4, -0.2) is 31.1 Å². The van der Waals surface area contributed by atoms with Crippen LogP contribution in [-0.2, 0) is 11.2 Å². The van der Waals surface area contributed by atoms with Crippen LogP contribution in [0, 0.1) is 5.92 Å². The van der Waals surface area contributed by atoms with Crippen LogP contribution in [0.25, 0.3) is 0 Å². The second kappa shape index (κ2) is 7.28. The van der Waals surface area contributed by atoms with E-state index in [-0.39, 0.29) is 11.9 Å². The highest BCUT2D eigenvalue weighted by molar-refractivity contribution is 7.09. The van der Waals surface area contributed by atoms with Crippen molar-refractivity contribution in [3.8, 4) is 0 Å². The lowest BCUT2D eigenvalue weighted by atomic mass is 10.1. The molecule has 1 fully saturated rings. The molecule has 3 N–H and O–H groups in total. The number of hydrogen-bond donors (Lipinski definition) is 3. The predicted molar refractivity (Wildman–Crippen MR) is 79.8 cm³/mol. The first-order chi connectivity index (χ1) is 9.65. The van der Waals surface area contributed by atoms with Crippen LogP contribution in [0.5, 0.6) is 0 Å². The number of nitrogens with one attached hydrogen (secondary N) is 3. The van der Waals surface area contributed by atoms with Gasteiger partial charge in [-0.1, -0.05) is 13.0 Å². The summed E-state index contributed by atoms with van der Waals surface area (Å²) in [5.74, 6) is 0.289. The Morgan fingerprint density at radius 2 is 2.45 bits per heavy atom. The number of rotatable bonds is 5. The van der Waals surface area contributed by atoms with Gasteiger partial charge >= 0.3 is 6.03 Å². The van der Waals surface area contributed by atoms with Crippen LogP contribution in [0.2, 0.25) is 0 Å². The van der Waals surface area contributed by atoms with E-state index in [9.17, 15) is 9.59 Å². The highest BCUT2D eigenvalue weighted by Gasteiger charge is 2.23. The van der Waals surface area contributed by atoms with Crippen molar-refractivity contribution in [3.63, 3.8) is 0 Å². The number of hydrogen-bond acceptors (Lipinski definition) is 3. The average molecular weight is 295 g/mol. The SMILES string of the molecule is CC(CNC(=O)NC1CCCNC1=O)Cc1cccs1. The molecule has 0 saturated carbocycles. The Labute approximate surface area is 123 Å². The van der Waals surface area contributed by atoms with Gasteiger partial charge in [0.2, 0.25) is 5.91 Å². The fraction of sp³-hybridized carbons (Fsp3) is 0.571. The molecule has 1 aromatic heterocycles.